The largest absolute Gasteiger partial charge is 0.339 e. The zero-order chi connectivity index (χ0) is 17.1. The number of amides is 2. The van der Waals surface area contributed by atoms with E-state index >= 15 is 0 Å². The number of nitro groups is 2. The van der Waals surface area contributed by atoms with Crippen molar-refractivity contribution in [3.05, 3.63) is 44.0 Å². The first kappa shape index (κ1) is 16.3. The molecule has 0 saturated carbocycles. The fourth-order valence-electron chi connectivity index (χ4n) is 2.34. The summed E-state index contributed by atoms with van der Waals surface area (Å²) < 4.78 is 0. The van der Waals surface area contributed by atoms with Crippen molar-refractivity contribution in [1.82, 2.24) is 9.80 Å². The Bertz CT molecular complexity index is 649. The lowest BCUT2D eigenvalue weighted by atomic mass is 10.1. The molecule has 1 saturated heterocycles. The van der Waals surface area contributed by atoms with Crippen LogP contribution in [0.4, 0.5) is 11.4 Å². The fraction of sp³-hybridized carbons (Fsp3) is 0.385. The zero-order valence-corrected chi connectivity index (χ0v) is 12.3. The van der Waals surface area contributed by atoms with Gasteiger partial charge in [0, 0.05) is 45.2 Å². The number of benzene rings is 1. The average Bonchev–Trinajstić information content (AvgIpc) is 2.53. The quantitative estimate of drug-likeness (QED) is 0.598. The van der Waals surface area contributed by atoms with Crippen molar-refractivity contribution >= 4 is 23.2 Å². The number of rotatable bonds is 3. The van der Waals surface area contributed by atoms with Gasteiger partial charge >= 0.3 is 0 Å². The molecule has 2 rings (SSSR count). The van der Waals surface area contributed by atoms with Crippen LogP contribution in [0.2, 0.25) is 0 Å². The predicted molar refractivity (Wildman–Crippen MR) is 77.9 cm³/mol. The molecule has 0 aromatic heterocycles. The Kier molecular flexibility index (Phi) is 4.53. The van der Waals surface area contributed by atoms with Crippen molar-refractivity contribution in [3.8, 4) is 0 Å². The second-order valence-electron chi connectivity index (χ2n) is 5.05. The van der Waals surface area contributed by atoms with Crippen molar-refractivity contribution in [1.29, 1.82) is 0 Å². The molecule has 2 amide bonds. The highest BCUT2D eigenvalue weighted by atomic mass is 16.6. The second-order valence-corrected chi connectivity index (χ2v) is 5.05. The van der Waals surface area contributed by atoms with Crippen LogP contribution in [0, 0.1) is 20.2 Å². The lowest BCUT2D eigenvalue weighted by Crippen LogP contribution is -2.50. The molecular weight excluding hydrogens is 308 g/mol. The predicted octanol–water partition coefficient (Wildman–Crippen LogP) is 0.807. The smallest absolute Gasteiger partial charge is 0.277 e. The van der Waals surface area contributed by atoms with Gasteiger partial charge in [-0.3, -0.25) is 29.8 Å². The summed E-state index contributed by atoms with van der Waals surface area (Å²) in [5.74, 6) is -0.622. The topological polar surface area (TPSA) is 127 Å². The third-order valence-corrected chi connectivity index (χ3v) is 3.58. The summed E-state index contributed by atoms with van der Waals surface area (Å²) in [4.78, 5) is 46.8. The number of nitrogens with zero attached hydrogens (tertiary/aromatic N) is 4. The number of hydrogen-bond donors (Lipinski definition) is 0. The third kappa shape index (κ3) is 3.59. The number of carbonyl (C=O) groups excluding carboxylic acids is 2. The van der Waals surface area contributed by atoms with Crippen molar-refractivity contribution < 1.29 is 19.4 Å². The molecule has 0 radical (unpaired) electrons. The Morgan fingerprint density at radius 2 is 1.35 bits per heavy atom. The normalized spacial score (nSPS) is 14.5. The maximum Gasteiger partial charge on any atom is 0.277 e. The van der Waals surface area contributed by atoms with E-state index in [4.69, 9.17) is 0 Å². The molecular formula is C13H14N4O6. The Morgan fingerprint density at radius 1 is 0.913 bits per heavy atom. The number of hydrogen-bond acceptors (Lipinski definition) is 6. The van der Waals surface area contributed by atoms with Crippen LogP contribution < -0.4 is 0 Å². The zero-order valence-electron chi connectivity index (χ0n) is 12.3. The molecule has 0 spiro atoms. The molecule has 0 aliphatic carbocycles. The Morgan fingerprint density at radius 3 is 1.74 bits per heavy atom. The minimum atomic E-state index is -0.780. The summed E-state index contributed by atoms with van der Waals surface area (Å²) in [6.45, 7) is 2.70. The number of non-ortho nitro benzene ring substituents is 2. The minimum Gasteiger partial charge on any atom is -0.339 e. The van der Waals surface area contributed by atoms with E-state index in [1.807, 2.05) is 0 Å². The van der Waals surface area contributed by atoms with Crippen LogP contribution in [0.15, 0.2) is 18.2 Å². The molecule has 10 heteroatoms. The molecule has 1 heterocycles. The molecule has 1 aliphatic rings. The van der Waals surface area contributed by atoms with Gasteiger partial charge in [-0.15, -0.1) is 0 Å². The molecule has 0 atom stereocenters. The van der Waals surface area contributed by atoms with Crippen LogP contribution in [-0.4, -0.2) is 57.6 Å². The van der Waals surface area contributed by atoms with Crippen LogP contribution >= 0.6 is 0 Å². The lowest BCUT2D eigenvalue weighted by Gasteiger charge is -2.34. The van der Waals surface area contributed by atoms with Gasteiger partial charge in [-0.05, 0) is 0 Å². The van der Waals surface area contributed by atoms with E-state index < -0.39 is 27.1 Å². The molecule has 0 bridgehead atoms. The summed E-state index contributed by atoms with van der Waals surface area (Å²) in [6.07, 6.45) is 0. The van der Waals surface area contributed by atoms with E-state index in [2.05, 4.69) is 0 Å². The molecule has 10 nitrogen and oxygen atoms in total. The highest BCUT2D eigenvalue weighted by Gasteiger charge is 2.26. The summed E-state index contributed by atoms with van der Waals surface area (Å²) in [5, 5.41) is 21.7. The van der Waals surface area contributed by atoms with Gasteiger partial charge in [0.15, 0.2) is 0 Å². The highest BCUT2D eigenvalue weighted by molar-refractivity contribution is 5.95. The maximum atomic E-state index is 12.4. The molecule has 0 N–H and O–H groups in total. The molecule has 0 unspecified atom stereocenters. The van der Waals surface area contributed by atoms with E-state index in [0.29, 0.717) is 13.1 Å². The molecule has 23 heavy (non-hydrogen) atoms. The average molecular weight is 322 g/mol. The SMILES string of the molecule is CC(=O)N1CCN(C(=O)c2cc([N+](=O)[O-])cc([N+](=O)[O-])c2)CC1. The first-order valence-electron chi connectivity index (χ1n) is 6.78. The van der Waals surface area contributed by atoms with Gasteiger partial charge in [-0.1, -0.05) is 0 Å². The van der Waals surface area contributed by atoms with Crippen LogP contribution in [0.5, 0.6) is 0 Å². The van der Waals surface area contributed by atoms with Gasteiger partial charge in [0.25, 0.3) is 17.3 Å². The third-order valence-electron chi connectivity index (χ3n) is 3.58. The van der Waals surface area contributed by atoms with Gasteiger partial charge in [0.2, 0.25) is 5.91 Å². The van der Waals surface area contributed by atoms with E-state index in [-0.39, 0.29) is 24.6 Å². The highest BCUT2D eigenvalue weighted by Crippen LogP contribution is 2.24. The fourth-order valence-corrected chi connectivity index (χ4v) is 2.34. The molecule has 1 aliphatic heterocycles. The summed E-state index contributed by atoms with van der Waals surface area (Å²) in [5.41, 5.74) is -1.13. The monoisotopic (exact) mass is 322 g/mol. The number of piperazine rings is 1. The first-order valence-corrected chi connectivity index (χ1v) is 6.78. The van der Waals surface area contributed by atoms with Crippen molar-refractivity contribution in [3.63, 3.8) is 0 Å². The summed E-state index contributed by atoms with van der Waals surface area (Å²) in [7, 11) is 0. The van der Waals surface area contributed by atoms with Crippen LogP contribution in [0.3, 0.4) is 0 Å². The molecule has 1 aromatic rings. The van der Waals surface area contributed by atoms with Crippen molar-refractivity contribution in [2.24, 2.45) is 0 Å². The Balaban J connectivity index is 2.24. The maximum absolute atomic E-state index is 12.4. The molecule has 1 fully saturated rings. The van der Waals surface area contributed by atoms with E-state index in [1.165, 1.54) is 11.8 Å². The van der Waals surface area contributed by atoms with Crippen molar-refractivity contribution in [2.75, 3.05) is 26.2 Å². The van der Waals surface area contributed by atoms with E-state index in [1.54, 1.807) is 4.90 Å². The van der Waals surface area contributed by atoms with Gasteiger partial charge < -0.3 is 9.80 Å². The lowest BCUT2D eigenvalue weighted by molar-refractivity contribution is -0.394. The number of carbonyl (C=O) groups is 2. The first-order chi connectivity index (χ1) is 10.8. The Labute approximate surface area is 130 Å². The van der Waals surface area contributed by atoms with Crippen LogP contribution in [-0.2, 0) is 4.79 Å². The van der Waals surface area contributed by atoms with Gasteiger partial charge in [0.1, 0.15) is 0 Å². The standard InChI is InChI=1S/C13H14N4O6/c1-9(18)14-2-4-15(5-3-14)13(19)10-6-11(16(20)21)8-12(7-10)17(22)23/h6-8H,2-5H2,1H3. The second kappa shape index (κ2) is 6.38. The number of nitro benzene ring substituents is 2. The van der Waals surface area contributed by atoms with Crippen LogP contribution in [0.25, 0.3) is 0 Å². The summed E-state index contributed by atoms with van der Waals surface area (Å²) in [6, 6.07) is 2.85. The van der Waals surface area contributed by atoms with Gasteiger partial charge in [-0.2, -0.15) is 0 Å². The minimum absolute atomic E-state index is 0.0944. The molecule has 122 valence electrons. The van der Waals surface area contributed by atoms with E-state index in [9.17, 15) is 29.8 Å². The molecule has 1 aromatic carbocycles. The van der Waals surface area contributed by atoms with Gasteiger partial charge in [-0.25, -0.2) is 0 Å². The van der Waals surface area contributed by atoms with E-state index in [0.717, 1.165) is 18.2 Å². The Hall–Kier alpha value is -3.04. The van der Waals surface area contributed by atoms with Gasteiger partial charge in [0.05, 0.1) is 21.5 Å². The summed E-state index contributed by atoms with van der Waals surface area (Å²) >= 11 is 0. The van der Waals surface area contributed by atoms with Crippen LogP contribution in [0.1, 0.15) is 17.3 Å². The van der Waals surface area contributed by atoms with Crippen molar-refractivity contribution in [2.45, 2.75) is 6.92 Å².